The first-order valence-electron chi connectivity index (χ1n) is 7.77. The third-order valence-corrected chi connectivity index (χ3v) is 3.31. The van der Waals surface area contributed by atoms with Gasteiger partial charge in [-0.25, -0.2) is 4.79 Å². The van der Waals surface area contributed by atoms with Gasteiger partial charge in [0.1, 0.15) is 0 Å². The first kappa shape index (κ1) is 19.0. The quantitative estimate of drug-likeness (QED) is 0.758. The third kappa shape index (κ3) is 4.62. The molecule has 26 heavy (non-hydrogen) atoms. The SMILES string of the molecule is C/C=C/c1cc(C(=O)OCC(=O)Nc2cc(C)no2)cc(OC)c1OC. The first-order chi connectivity index (χ1) is 12.5. The molecule has 0 aliphatic carbocycles. The van der Waals surface area contributed by atoms with Crippen LogP contribution in [0.2, 0.25) is 0 Å². The minimum Gasteiger partial charge on any atom is -0.493 e. The molecule has 1 amide bonds. The zero-order chi connectivity index (χ0) is 19.1. The van der Waals surface area contributed by atoms with Crippen molar-refractivity contribution in [3.63, 3.8) is 0 Å². The first-order valence-corrected chi connectivity index (χ1v) is 7.77. The summed E-state index contributed by atoms with van der Waals surface area (Å²) in [7, 11) is 2.98. The largest absolute Gasteiger partial charge is 0.493 e. The average molecular weight is 360 g/mol. The van der Waals surface area contributed by atoms with Crippen molar-refractivity contribution in [2.75, 3.05) is 26.1 Å². The van der Waals surface area contributed by atoms with Crippen LogP contribution < -0.4 is 14.8 Å². The van der Waals surface area contributed by atoms with Gasteiger partial charge in [-0.1, -0.05) is 17.3 Å². The van der Waals surface area contributed by atoms with Crippen LogP contribution >= 0.6 is 0 Å². The van der Waals surface area contributed by atoms with Gasteiger partial charge in [0.2, 0.25) is 5.88 Å². The Morgan fingerprint density at radius 3 is 2.58 bits per heavy atom. The highest BCUT2D eigenvalue weighted by Crippen LogP contribution is 2.33. The van der Waals surface area contributed by atoms with E-state index in [9.17, 15) is 9.59 Å². The van der Waals surface area contributed by atoms with Crippen molar-refractivity contribution in [3.8, 4) is 11.5 Å². The van der Waals surface area contributed by atoms with Crippen molar-refractivity contribution in [3.05, 3.63) is 41.1 Å². The number of allylic oxidation sites excluding steroid dienone is 1. The number of anilines is 1. The number of nitrogens with zero attached hydrogens (tertiary/aromatic N) is 1. The Morgan fingerprint density at radius 2 is 2.00 bits per heavy atom. The van der Waals surface area contributed by atoms with E-state index in [1.807, 2.05) is 6.92 Å². The van der Waals surface area contributed by atoms with E-state index >= 15 is 0 Å². The summed E-state index contributed by atoms with van der Waals surface area (Å²) in [5.41, 5.74) is 1.51. The zero-order valence-electron chi connectivity index (χ0n) is 15.0. The lowest BCUT2D eigenvalue weighted by Crippen LogP contribution is -2.20. The molecule has 1 N–H and O–H groups in total. The van der Waals surface area contributed by atoms with Crippen molar-refractivity contribution in [1.29, 1.82) is 0 Å². The van der Waals surface area contributed by atoms with Crippen LogP contribution in [0.25, 0.3) is 6.08 Å². The number of methoxy groups -OCH3 is 2. The molecule has 0 saturated carbocycles. The van der Waals surface area contributed by atoms with Gasteiger partial charge >= 0.3 is 5.97 Å². The van der Waals surface area contributed by atoms with Crippen LogP contribution in [0.4, 0.5) is 5.88 Å². The Bertz CT molecular complexity index is 825. The molecule has 138 valence electrons. The summed E-state index contributed by atoms with van der Waals surface area (Å²) in [6.45, 7) is 3.09. The van der Waals surface area contributed by atoms with E-state index in [4.69, 9.17) is 18.7 Å². The Hall–Kier alpha value is -3.29. The summed E-state index contributed by atoms with van der Waals surface area (Å²) in [5.74, 6) is -0.133. The number of hydrogen-bond acceptors (Lipinski definition) is 7. The predicted octanol–water partition coefficient (Wildman–Crippen LogP) is 2.83. The maximum atomic E-state index is 12.3. The topological polar surface area (TPSA) is 99.9 Å². The summed E-state index contributed by atoms with van der Waals surface area (Å²) in [6, 6.07) is 4.64. The number of amides is 1. The number of benzene rings is 1. The maximum absolute atomic E-state index is 12.3. The Kier molecular flexibility index (Phi) is 6.37. The number of ether oxygens (including phenoxy) is 3. The van der Waals surface area contributed by atoms with Crippen LogP contribution in [0.15, 0.2) is 28.8 Å². The monoisotopic (exact) mass is 360 g/mol. The van der Waals surface area contributed by atoms with Crippen molar-refractivity contribution < 1.29 is 28.3 Å². The van der Waals surface area contributed by atoms with Crippen molar-refractivity contribution in [2.45, 2.75) is 13.8 Å². The van der Waals surface area contributed by atoms with Crippen molar-refractivity contribution >= 4 is 23.8 Å². The Morgan fingerprint density at radius 1 is 1.23 bits per heavy atom. The van der Waals surface area contributed by atoms with Gasteiger partial charge in [-0.2, -0.15) is 0 Å². The lowest BCUT2D eigenvalue weighted by Gasteiger charge is -2.13. The maximum Gasteiger partial charge on any atom is 0.338 e. The zero-order valence-corrected chi connectivity index (χ0v) is 15.0. The van der Waals surface area contributed by atoms with Gasteiger partial charge in [0.15, 0.2) is 18.1 Å². The van der Waals surface area contributed by atoms with Crippen molar-refractivity contribution in [2.24, 2.45) is 0 Å². The summed E-state index contributed by atoms with van der Waals surface area (Å²) in [6.07, 6.45) is 3.58. The number of carbonyl (C=O) groups excluding carboxylic acids is 2. The molecule has 0 aliphatic heterocycles. The molecular formula is C18H20N2O6. The molecule has 1 aromatic heterocycles. The molecule has 8 heteroatoms. The number of aryl methyl sites for hydroxylation is 1. The number of nitrogens with one attached hydrogen (secondary N) is 1. The standard InChI is InChI=1S/C18H20N2O6/c1-5-6-12-8-13(9-14(23-3)17(12)24-4)18(22)25-10-15(21)19-16-7-11(2)20-26-16/h5-9H,10H2,1-4H3,(H,19,21)/b6-5+. The fraction of sp³-hybridized carbons (Fsp3) is 0.278. The molecule has 0 aliphatic rings. The summed E-state index contributed by atoms with van der Waals surface area (Å²) >= 11 is 0. The molecule has 8 nitrogen and oxygen atoms in total. The molecule has 0 radical (unpaired) electrons. The van der Waals surface area contributed by atoms with Gasteiger partial charge in [0.25, 0.3) is 5.91 Å². The van der Waals surface area contributed by atoms with Crippen LogP contribution in [0.1, 0.15) is 28.5 Å². The molecule has 1 heterocycles. The highest BCUT2D eigenvalue weighted by Gasteiger charge is 2.17. The van der Waals surface area contributed by atoms with Crippen LogP contribution in [-0.4, -0.2) is 37.9 Å². The van der Waals surface area contributed by atoms with Crippen LogP contribution in [-0.2, 0) is 9.53 Å². The van der Waals surface area contributed by atoms with E-state index in [0.717, 1.165) is 0 Å². The van der Waals surface area contributed by atoms with Crippen LogP contribution in [0, 0.1) is 6.92 Å². The number of aromatic nitrogens is 1. The van der Waals surface area contributed by atoms with E-state index < -0.39 is 18.5 Å². The molecule has 0 saturated heterocycles. The average Bonchev–Trinajstić information content (AvgIpc) is 3.03. The van der Waals surface area contributed by atoms with Gasteiger partial charge in [0.05, 0.1) is 25.5 Å². The van der Waals surface area contributed by atoms with E-state index in [1.165, 1.54) is 20.3 Å². The van der Waals surface area contributed by atoms with Crippen LogP contribution in [0.3, 0.4) is 0 Å². The second kappa shape index (κ2) is 8.70. The lowest BCUT2D eigenvalue weighted by molar-refractivity contribution is -0.119. The van der Waals surface area contributed by atoms with Crippen molar-refractivity contribution in [1.82, 2.24) is 5.16 Å². The Balaban J connectivity index is 2.08. The van der Waals surface area contributed by atoms with Gasteiger partial charge in [0, 0.05) is 11.6 Å². The summed E-state index contributed by atoms with van der Waals surface area (Å²) < 4.78 is 20.5. The summed E-state index contributed by atoms with van der Waals surface area (Å²) in [5, 5.41) is 6.09. The molecule has 1 aromatic carbocycles. The molecule has 2 aromatic rings. The van der Waals surface area contributed by atoms with Gasteiger partial charge in [-0.05, 0) is 26.0 Å². The van der Waals surface area contributed by atoms with Gasteiger partial charge < -0.3 is 18.7 Å². The predicted molar refractivity (Wildman–Crippen MR) is 94.4 cm³/mol. The van der Waals surface area contributed by atoms with Crippen LogP contribution in [0.5, 0.6) is 11.5 Å². The molecular weight excluding hydrogens is 340 g/mol. The van der Waals surface area contributed by atoms with E-state index in [0.29, 0.717) is 22.8 Å². The van der Waals surface area contributed by atoms with E-state index in [1.54, 1.807) is 31.2 Å². The molecule has 0 spiro atoms. The number of rotatable bonds is 7. The number of hydrogen-bond donors (Lipinski definition) is 1. The second-order valence-corrected chi connectivity index (χ2v) is 5.26. The molecule has 0 unspecified atom stereocenters. The smallest absolute Gasteiger partial charge is 0.338 e. The Labute approximate surface area is 150 Å². The van der Waals surface area contributed by atoms with E-state index in [-0.39, 0.29) is 11.4 Å². The van der Waals surface area contributed by atoms with Gasteiger partial charge in [-0.15, -0.1) is 0 Å². The second-order valence-electron chi connectivity index (χ2n) is 5.26. The summed E-state index contributed by atoms with van der Waals surface area (Å²) in [4.78, 5) is 24.1. The molecule has 0 bridgehead atoms. The minimum atomic E-state index is -0.666. The van der Waals surface area contributed by atoms with Gasteiger partial charge in [-0.3, -0.25) is 10.1 Å². The molecule has 0 atom stereocenters. The third-order valence-electron chi connectivity index (χ3n) is 3.31. The molecule has 0 fully saturated rings. The minimum absolute atomic E-state index is 0.185. The fourth-order valence-electron chi connectivity index (χ4n) is 2.23. The highest BCUT2D eigenvalue weighted by molar-refractivity contribution is 5.95. The highest BCUT2D eigenvalue weighted by atomic mass is 16.5. The normalized spacial score (nSPS) is 10.6. The number of carbonyl (C=O) groups is 2. The van der Waals surface area contributed by atoms with E-state index in [2.05, 4.69) is 10.5 Å². The fourth-order valence-corrected chi connectivity index (χ4v) is 2.23. The number of esters is 1. The lowest BCUT2D eigenvalue weighted by atomic mass is 10.1. The molecule has 2 rings (SSSR count).